The standard InChI is InChI=1S/C20H30O/c1-18(2)9-4-10-19(3)16(18)8-12-20-11-7-15(20)14(13-21)5-6-17(19)20/h7,11,13-17H,4-6,8-10,12H2,1-3H3/t14-,15-,16+,17-,19+,20+/m1/s1. The van der Waals surface area contributed by atoms with Gasteiger partial charge in [0, 0.05) is 5.92 Å². The van der Waals surface area contributed by atoms with E-state index >= 15 is 0 Å². The molecule has 3 saturated carbocycles. The van der Waals surface area contributed by atoms with E-state index in [1.54, 1.807) is 0 Å². The lowest BCUT2D eigenvalue weighted by Crippen LogP contribution is -2.61. The zero-order valence-corrected chi connectivity index (χ0v) is 13.9. The number of hydrogen-bond acceptors (Lipinski definition) is 1. The third-order valence-electron chi connectivity index (χ3n) is 8.25. The molecule has 21 heavy (non-hydrogen) atoms. The minimum Gasteiger partial charge on any atom is -0.303 e. The predicted molar refractivity (Wildman–Crippen MR) is 85.8 cm³/mol. The quantitative estimate of drug-likeness (QED) is 0.489. The Bertz CT molecular complexity index is 490. The Labute approximate surface area is 129 Å². The second kappa shape index (κ2) is 4.24. The van der Waals surface area contributed by atoms with Crippen molar-refractivity contribution < 1.29 is 4.79 Å². The van der Waals surface area contributed by atoms with E-state index in [-0.39, 0.29) is 0 Å². The molecule has 4 aliphatic rings. The molecule has 0 heterocycles. The molecule has 0 aromatic heterocycles. The Morgan fingerprint density at radius 1 is 1.00 bits per heavy atom. The van der Waals surface area contributed by atoms with E-state index in [1.807, 2.05) is 0 Å². The fourth-order valence-electron chi connectivity index (χ4n) is 7.37. The highest BCUT2D eigenvalue weighted by Gasteiger charge is 2.64. The normalized spacial score (nSPS) is 53.9. The SMILES string of the molecule is CC1(C)CCC[C@]2(C)[C@H]3CC[C@H](C=O)[C@H]4C=C[C@]43CC[C@@H]12. The summed E-state index contributed by atoms with van der Waals surface area (Å²) in [5.41, 5.74) is 1.42. The summed E-state index contributed by atoms with van der Waals surface area (Å²) in [5, 5.41) is 0. The molecular weight excluding hydrogens is 256 g/mol. The third kappa shape index (κ3) is 1.61. The molecule has 0 amide bonds. The van der Waals surface area contributed by atoms with Crippen molar-refractivity contribution >= 4 is 6.29 Å². The molecular formula is C20H30O. The molecule has 1 heteroatoms. The average molecular weight is 286 g/mol. The summed E-state index contributed by atoms with van der Waals surface area (Å²) >= 11 is 0. The molecule has 4 aliphatic carbocycles. The highest BCUT2D eigenvalue weighted by atomic mass is 16.1. The summed E-state index contributed by atoms with van der Waals surface area (Å²) in [4.78, 5) is 11.5. The van der Waals surface area contributed by atoms with Gasteiger partial charge in [0.2, 0.25) is 0 Å². The maximum Gasteiger partial charge on any atom is 0.123 e. The minimum absolute atomic E-state index is 0.308. The molecule has 1 spiro atoms. The van der Waals surface area contributed by atoms with Crippen LogP contribution in [0.25, 0.3) is 0 Å². The lowest BCUT2D eigenvalue weighted by atomic mass is 9.36. The van der Waals surface area contributed by atoms with Gasteiger partial charge in [-0.15, -0.1) is 0 Å². The summed E-state index contributed by atoms with van der Waals surface area (Å²) in [7, 11) is 0. The maximum absolute atomic E-state index is 11.5. The van der Waals surface area contributed by atoms with Crippen molar-refractivity contribution in [2.45, 2.75) is 65.7 Å². The number of hydrogen-bond donors (Lipinski definition) is 0. The Balaban J connectivity index is 1.73. The predicted octanol–water partition coefficient (Wildman–Crippen LogP) is 5.01. The van der Waals surface area contributed by atoms with E-state index in [9.17, 15) is 4.79 Å². The molecule has 0 unspecified atom stereocenters. The van der Waals surface area contributed by atoms with Crippen LogP contribution in [0.3, 0.4) is 0 Å². The largest absolute Gasteiger partial charge is 0.303 e. The van der Waals surface area contributed by atoms with Crippen LogP contribution in [0.4, 0.5) is 0 Å². The van der Waals surface area contributed by atoms with Crippen LogP contribution in [0.5, 0.6) is 0 Å². The molecule has 0 aromatic rings. The Morgan fingerprint density at radius 3 is 2.48 bits per heavy atom. The third-order valence-corrected chi connectivity index (χ3v) is 8.25. The Kier molecular flexibility index (Phi) is 2.83. The summed E-state index contributed by atoms with van der Waals surface area (Å²) in [6, 6.07) is 0. The first-order valence-corrected chi connectivity index (χ1v) is 9.09. The Hall–Kier alpha value is -0.590. The molecule has 0 saturated heterocycles. The van der Waals surface area contributed by atoms with Crippen LogP contribution in [-0.2, 0) is 4.79 Å². The van der Waals surface area contributed by atoms with Crippen molar-refractivity contribution in [1.29, 1.82) is 0 Å². The summed E-state index contributed by atoms with van der Waals surface area (Å²) in [6.07, 6.45) is 15.5. The summed E-state index contributed by atoms with van der Waals surface area (Å²) < 4.78 is 0. The van der Waals surface area contributed by atoms with Gasteiger partial charge in [0.05, 0.1) is 0 Å². The van der Waals surface area contributed by atoms with Crippen molar-refractivity contribution in [2.75, 3.05) is 0 Å². The van der Waals surface area contributed by atoms with E-state index in [4.69, 9.17) is 0 Å². The Morgan fingerprint density at radius 2 is 1.81 bits per heavy atom. The first-order valence-electron chi connectivity index (χ1n) is 9.09. The number of carbonyl (C=O) groups excluding carboxylic acids is 1. The fraction of sp³-hybridized carbons (Fsp3) is 0.850. The fourth-order valence-corrected chi connectivity index (χ4v) is 7.37. The van der Waals surface area contributed by atoms with Gasteiger partial charge in [0.1, 0.15) is 6.29 Å². The molecule has 0 bridgehead atoms. The minimum atomic E-state index is 0.308. The van der Waals surface area contributed by atoms with Gasteiger partial charge >= 0.3 is 0 Å². The highest BCUT2D eigenvalue weighted by molar-refractivity contribution is 5.57. The van der Waals surface area contributed by atoms with Gasteiger partial charge in [-0.25, -0.2) is 0 Å². The van der Waals surface area contributed by atoms with Gasteiger partial charge in [-0.3, -0.25) is 0 Å². The van der Waals surface area contributed by atoms with Crippen molar-refractivity contribution in [1.82, 2.24) is 0 Å². The number of allylic oxidation sites excluding steroid dienone is 2. The smallest absolute Gasteiger partial charge is 0.123 e. The van der Waals surface area contributed by atoms with E-state index < -0.39 is 0 Å². The number of aldehydes is 1. The molecule has 0 aliphatic heterocycles. The zero-order valence-electron chi connectivity index (χ0n) is 13.9. The van der Waals surface area contributed by atoms with E-state index in [0.29, 0.717) is 28.1 Å². The number of rotatable bonds is 1. The van der Waals surface area contributed by atoms with Crippen molar-refractivity contribution in [3.8, 4) is 0 Å². The second-order valence-electron chi connectivity index (χ2n) is 9.37. The number of carbonyl (C=O) groups is 1. The summed E-state index contributed by atoms with van der Waals surface area (Å²) in [5.74, 6) is 2.59. The second-order valence-corrected chi connectivity index (χ2v) is 9.37. The topological polar surface area (TPSA) is 17.1 Å². The van der Waals surface area contributed by atoms with Crippen LogP contribution in [0.2, 0.25) is 0 Å². The van der Waals surface area contributed by atoms with Gasteiger partial charge in [0.15, 0.2) is 0 Å². The average Bonchev–Trinajstić information content (AvgIpc) is 2.40. The van der Waals surface area contributed by atoms with Crippen molar-refractivity contribution in [2.24, 2.45) is 39.9 Å². The molecule has 116 valence electrons. The van der Waals surface area contributed by atoms with Gasteiger partial charge in [-0.05, 0) is 72.5 Å². The molecule has 0 N–H and O–H groups in total. The van der Waals surface area contributed by atoms with Crippen LogP contribution in [-0.4, -0.2) is 6.29 Å². The van der Waals surface area contributed by atoms with Gasteiger partial charge in [-0.2, -0.15) is 0 Å². The molecule has 4 rings (SSSR count). The van der Waals surface area contributed by atoms with Crippen LogP contribution >= 0.6 is 0 Å². The molecule has 0 aromatic carbocycles. The molecule has 1 nitrogen and oxygen atoms in total. The van der Waals surface area contributed by atoms with E-state index in [1.165, 1.54) is 44.8 Å². The van der Waals surface area contributed by atoms with Crippen LogP contribution < -0.4 is 0 Å². The summed E-state index contributed by atoms with van der Waals surface area (Å²) in [6.45, 7) is 7.63. The first kappa shape index (κ1) is 14.0. The van der Waals surface area contributed by atoms with Crippen LogP contribution in [0.15, 0.2) is 12.2 Å². The lowest BCUT2D eigenvalue weighted by Gasteiger charge is -2.68. The molecule has 6 atom stereocenters. The zero-order chi connectivity index (χ0) is 14.9. The van der Waals surface area contributed by atoms with E-state index in [2.05, 4.69) is 32.9 Å². The molecule has 3 fully saturated rings. The van der Waals surface area contributed by atoms with E-state index in [0.717, 1.165) is 18.3 Å². The van der Waals surface area contributed by atoms with Crippen molar-refractivity contribution in [3.05, 3.63) is 12.2 Å². The van der Waals surface area contributed by atoms with Crippen LogP contribution in [0.1, 0.15) is 65.7 Å². The highest BCUT2D eigenvalue weighted by Crippen LogP contribution is 2.71. The van der Waals surface area contributed by atoms with Crippen molar-refractivity contribution in [3.63, 3.8) is 0 Å². The number of fused-ring (bicyclic) bond motifs is 2. The maximum atomic E-state index is 11.5. The monoisotopic (exact) mass is 286 g/mol. The van der Waals surface area contributed by atoms with Gasteiger partial charge in [-0.1, -0.05) is 39.3 Å². The van der Waals surface area contributed by atoms with Crippen LogP contribution in [0, 0.1) is 39.9 Å². The lowest BCUT2D eigenvalue weighted by molar-refractivity contribution is -0.164. The van der Waals surface area contributed by atoms with Gasteiger partial charge in [0.25, 0.3) is 0 Å². The van der Waals surface area contributed by atoms with Gasteiger partial charge < -0.3 is 4.79 Å². The first-order chi connectivity index (χ1) is 9.94. The molecule has 0 radical (unpaired) electrons.